The van der Waals surface area contributed by atoms with Gasteiger partial charge in [0.2, 0.25) is 11.5 Å². The number of pyridine rings is 1. The molecule has 1 aliphatic rings. The summed E-state index contributed by atoms with van der Waals surface area (Å²) in [6.45, 7) is 1.89. The van der Waals surface area contributed by atoms with Gasteiger partial charge < -0.3 is 10.7 Å². The van der Waals surface area contributed by atoms with E-state index in [-0.39, 0.29) is 11.5 Å². The van der Waals surface area contributed by atoms with Gasteiger partial charge in [0.15, 0.2) is 0 Å². The Hall–Kier alpha value is -2.10. The van der Waals surface area contributed by atoms with E-state index in [0.717, 1.165) is 22.0 Å². The van der Waals surface area contributed by atoms with E-state index < -0.39 is 5.41 Å². The van der Waals surface area contributed by atoms with Crippen LogP contribution in [0.25, 0.3) is 10.9 Å². The molecule has 1 aromatic heterocycles. The van der Waals surface area contributed by atoms with Crippen LogP contribution in [0.2, 0.25) is 0 Å². The Morgan fingerprint density at radius 1 is 1.28 bits per heavy atom. The van der Waals surface area contributed by atoms with Crippen molar-refractivity contribution in [1.82, 2.24) is 4.98 Å². The van der Waals surface area contributed by atoms with Gasteiger partial charge in [0.05, 0.1) is 5.41 Å². The van der Waals surface area contributed by atoms with Gasteiger partial charge in [-0.15, -0.1) is 0 Å². The third-order valence-corrected chi connectivity index (χ3v) is 3.80. The third kappa shape index (κ3) is 1.53. The number of benzene rings is 1. The SMILES string of the molecule is CC1(C(N)=O)Cc2cc3ccc(=O)[nH]c3cc2C1. The lowest BCUT2D eigenvalue weighted by molar-refractivity contribution is -0.126. The number of amides is 1. The second-order valence-corrected chi connectivity index (χ2v) is 5.31. The minimum absolute atomic E-state index is 0.113. The van der Waals surface area contributed by atoms with Crippen LogP contribution in [0.1, 0.15) is 18.1 Å². The zero-order valence-electron chi connectivity index (χ0n) is 10.1. The van der Waals surface area contributed by atoms with Gasteiger partial charge >= 0.3 is 0 Å². The number of nitrogens with one attached hydrogen (secondary N) is 1. The van der Waals surface area contributed by atoms with Crippen LogP contribution in [0.3, 0.4) is 0 Å². The predicted octanol–water partition coefficient (Wildman–Crippen LogP) is 1.12. The number of nitrogens with two attached hydrogens (primary N) is 1. The molecule has 18 heavy (non-hydrogen) atoms. The van der Waals surface area contributed by atoms with Crippen LogP contribution in [0.5, 0.6) is 0 Å². The van der Waals surface area contributed by atoms with Crippen molar-refractivity contribution in [2.24, 2.45) is 11.1 Å². The molecule has 2 aromatic rings. The van der Waals surface area contributed by atoms with Crippen LogP contribution in [0.4, 0.5) is 0 Å². The normalized spacial score (nSPS) is 22.1. The number of carbonyl (C=O) groups is 1. The van der Waals surface area contributed by atoms with E-state index in [1.165, 1.54) is 6.07 Å². The van der Waals surface area contributed by atoms with Gasteiger partial charge in [-0.3, -0.25) is 9.59 Å². The number of rotatable bonds is 1. The van der Waals surface area contributed by atoms with E-state index in [1.54, 1.807) is 6.07 Å². The predicted molar refractivity (Wildman–Crippen MR) is 69.3 cm³/mol. The summed E-state index contributed by atoms with van der Waals surface area (Å²) in [4.78, 5) is 25.6. The summed E-state index contributed by atoms with van der Waals surface area (Å²) in [5.74, 6) is -0.267. The summed E-state index contributed by atoms with van der Waals surface area (Å²) in [7, 11) is 0. The van der Waals surface area contributed by atoms with Crippen molar-refractivity contribution in [1.29, 1.82) is 0 Å². The monoisotopic (exact) mass is 242 g/mol. The molecule has 1 heterocycles. The first-order valence-electron chi connectivity index (χ1n) is 5.93. The summed E-state index contributed by atoms with van der Waals surface area (Å²) in [5.41, 5.74) is 7.92. The van der Waals surface area contributed by atoms with E-state index in [2.05, 4.69) is 4.98 Å². The molecule has 0 aliphatic heterocycles. The maximum absolute atomic E-state index is 11.5. The second kappa shape index (κ2) is 3.45. The number of fused-ring (bicyclic) bond motifs is 2. The molecule has 0 radical (unpaired) electrons. The van der Waals surface area contributed by atoms with E-state index in [0.29, 0.717) is 12.8 Å². The van der Waals surface area contributed by atoms with Crippen molar-refractivity contribution < 1.29 is 4.79 Å². The lowest BCUT2D eigenvalue weighted by atomic mass is 9.87. The molecule has 1 atom stereocenters. The molecular weight excluding hydrogens is 228 g/mol. The average molecular weight is 242 g/mol. The first-order valence-corrected chi connectivity index (χ1v) is 5.93. The third-order valence-electron chi connectivity index (χ3n) is 3.80. The minimum atomic E-state index is -0.500. The summed E-state index contributed by atoms with van der Waals surface area (Å²) >= 11 is 0. The fraction of sp³-hybridized carbons (Fsp3) is 0.286. The molecule has 1 aliphatic carbocycles. The van der Waals surface area contributed by atoms with E-state index in [9.17, 15) is 9.59 Å². The molecule has 4 heteroatoms. The van der Waals surface area contributed by atoms with Gasteiger partial charge in [0, 0.05) is 11.6 Å². The van der Waals surface area contributed by atoms with E-state index in [1.807, 2.05) is 19.1 Å². The molecule has 0 saturated heterocycles. The van der Waals surface area contributed by atoms with Crippen LogP contribution >= 0.6 is 0 Å². The van der Waals surface area contributed by atoms with Crippen LogP contribution in [-0.2, 0) is 17.6 Å². The van der Waals surface area contributed by atoms with Gasteiger partial charge in [-0.2, -0.15) is 0 Å². The average Bonchev–Trinajstić information content (AvgIpc) is 2.62. The first kappa shape index (κ1) is 11.0. The Balaban J connectivity index is 2.17. The molecule has 0 bridgehead atoms. The second-order valence-electron chi connectivity index (χ2n) is 5.31. The Bertz CT molecular complexity index is 717. The van der Waals surface area contributed by atoms with Crippen molar-refractivity contribution in [3.05, 3.63) is 45.7 Å². The Morgan fingerprint density at radius 2 is 1.94 bits per heavy atom. The number of aromatic amines is 1. The van der Waals surface area contributed by atoms with E-state index in [4.69, 9.17) is 5.73 Å². The smallest absolute Gasteiger partial charge is 0.248 e. The van der Waals surface area contributed by atoms with Crippen LogP contribution in [-0.4, -0.2) is 10.9 Å². The summed E-state index contributed by atoms with van der Waals surface area (Å²) < 4.78 is 0. The molecule has 0 spiro atoms. The molecule has 1 unspecified atom stereocenters. The van der Waals surface area contributed by atoms with Crippen LogP contribution in [0, 0.1) is 5.41 Å². The van der Waals surface area contributed by atoms with Crippen molar-refractivity contribution in [3.63, 3.8) is 0 Å². The Kier molecular flexibility index (Phi) is 2.11. The Morgan fingerprint density at radius 3 is 2.61 bits per heavy atom. The van der Waals surface area contributed by atoms with Gasteiger partial charge in [-0.05, 0) is 47.6 Å². The van der Waals surface area contributed by atoms with Crippen molar-refractivity contribution in [2.45, 2.75) is 19.8 Å². The molecule has 0 fully saturated rings. The first-order chi connectivity index (χ1) is 8.48. The van der Waals surface area contributed by atoms with Gasteiger partial charge in [-0.25, -0.2) is 0 Å². The number of H-pyrrole nitrogens is 1. The summed E-state index contributed by atoms with van der Waals surface area (Å²) in [6, 6.07) is 7.31. The zero-order valence-corrected chi connectivity index (χ0v) is 10.1. The molecular formula is C14H14N2O2. The summed E-state index contributed by atoms with van der Waals surface area (Å²) in [6.07, 6.45) is 1.32. The highest BCUT2D eigenvalue weighted by molar-refractivity contribution is 5.85. The maximum atomic E-state index is 11.5. The van der Waals surface area contributed by atoms with Crippen LogP contribution < -0.4 is 11.3 Å². The fourth-order valence-electron chi connectivity index (χ4n) is 2.70. The number of primary amides is 1. The highest BCUT2D eigenvalue weighted by Crippen LogP contribution is 2.37. The minimum Gasteiger partial charge on any atom is -0.369 e. The summed E-state index contributed by atoms with van der Waals surface area (Å²) in [5, 5.41) is 0.988. The van der Waals surface area contributed by atoms with Crippen molar-refractivity contribution in [2.75, 3.05) is 0 Å². The largest absolute Gasteiger partial charge is 0.369 e. The molecule has 4 nitrogen and oxygen atoms in total. The standard InChI is InChI=1S/C14H14N2O2/c1-14(13(15)18)6-9-4-8-2-3-12(17)16-11(8)5-10(9)7-14/h2-5H,6-7H2,1H3,(H2,15,18)(H,16,17). The maximum Gasteiger partial charge on any atom is 0.248 e. The topological polar surface area (TPSA) is 76.0 Å². The Labute approximate surface area is 104 Å². The van der Waals surface area contributed by atoms with Gasteiger partial charge in [0.25, 0.3) is 0 Å². The molecule has 92 valence electrons. The van der Waals surface area contributed by atoms with Crippen molar-refractivity contribution in [3.8, 4) is 0 Å². The van der Waals surface area contributed by atoms with Gasteiger partial charge in [-0.1, -0.05) is 6.92 Å². The number of hydrogen-bond acceptors (Lipinski definition) is 2. The molecule has 3 N–H and O–H groups in total. The lowest BCUT2D eigenvalue weighted by Crippen LogP contribution is -2.34. The molecule has 1 aromatic carbocycles. The highest BCUT2D eigenvalue weighted by atomic mass is 16.1. The number of aromatic nitrogens is 1. The fourth-order valence-corrected chi connectivity index (χ4v) is 2.70. The molecule has 1 amide bonds. The zero-order chi connectivity index (χ0) is 12.9. The van der Waals surface area contributed by atoms with Crippen LogP contribution in [0.15, 0.2) is 29.1 Å². The highest BCUT2D eigenvalue weighted by Gasteiger charge is 2.38. The van der Waals surface area contributed by atoms with E-state index >= 15 is 0 Å². The molecule has 0 saturated carbocycles. The number of carbonyl (C=O) groups excluding carboxylic acids is 1. The van der Waals surface area contributed by atoms with Gasteiger partial charge in [0.1, 0.15) is 0 Å². The quantitative estimate of drug-likeness (QED) is 0.786. The van der Waals surface area contributed by atoms with Crippen molar-refractivity contribution >= 4 is 16.8 Å². The molecule has 3 rings (SSSR count). The number of hydrogen-bond donors (Lipinski definition) is 2. The lowest BCUT2D eigenvalue weighted by Gasteiger charge is -2.17.